The number of terminal acetylenes is 1. The maximum atomic E-state index is 13.0. The number of fused-ring (bicyclic) bond motifs is 1. The van der Waals surface area contributed by atoms with Gasteiger partial charge in [0.2, 0.25) is 0 Å². The molecule has 0 aliphatic rings. The predicted octanol–water partition coefficient (Wildman–Crippen LogP) is 4.00. The van der Waals surface area contributed by atoms with Crippen LogP contribution in [0.4, 0.5) is 26.3 Å². The topological polar surface area (TPSA) is 64.0 Å². The van der Waals surface area contributed by atoms with Gasteiger partial charge in [0.25, 0.3) is 11.5 Å². The van der Waals surface area contributed by atoms with Crippen molar-refractivity contribution in [1.82, 2.24) is 15.1 Å². The third-order valence-electron chi connectivity index (χ3n) is 4.45. The van der Waals surface area contributed by atoms with Crippen molar-refractivity contribution in [3.8, 4) is 12.3 Å². The summed E-state index contributed by atoms with van der Waals surface area (Å²) in [5.41, 5.74) is -4.37. The Labute approximate surface area is 176 Å². The second kappa shape index (κ2) is 8.37. The molecule has 1 aromatic heterocycles. The zero-order chi connectivity index (χ0) is 23.7. The summed E-state index contributed by atoms with van der Waals surface area (Å²) in [6.07, 6.45) is -4.95. The molecule has 0 spiro atoms. The number of nitrogens with one attached hydrogen (secondary N) is 1. The highest BCUT2D eigenvalue weighted by molar-refractivity contribution is 5.95. The van der Waals surface area contributed by atoms with Crippen molar-refractivity contribution in [2.75, 3.05) is 0 Å². The average Bonchev–Trinajstić information content (AvgIpc) is 2.73. The number of carbonyl (C=O) groups excluding carboxylic acids is 1. The summed E-state index contributed by atoms with van der Waals surface area (Å²) in [6.45, 7) is -0.547. The van der Waals surface area contributed by atoms with Gasteiger partial charge in [0, 0.05) is 10.9 Å². The summed E-state index contributed by atoms with van der Waals surface area (Å²) < 4.78 is 79.1. The molecule has 3 rings (SSSR count). The van der Waals surface area contributed by atoms with Gasteiger partial charge in [-0.2, -0.15) is 31.4 Å². The molecule has 32 heavy (non-hydrogen) atoms. The van der Waals surface area contributed by atoms with Crippen LogP contribution >= 0.6 is 0 Å². The molecule has 1 N–H and O–H groups in total. The van der Waals surface area contributed by atoms with Crippen LogP contribution in [0, 0.1) is 12.3 Å². The largest absolute Gasteiger partial charge is 0.416 e. The minimum atomic E-state index is -5.08. The molecule has 0 saturated heterocycles. The number of carbonyl (C=O) groups is 1. The fourth-order valence-corrected chi connectivity index (χ4v) is 2.98. The molecule has 0 atom stereocenters. The minimum absolute atomic E-state index is 0.0679. The van der Waals surface area contributed by atoms with Gasteiger partial charge in [0.1, 0.15) is 6.54 Å². The number of rotatable bonds is 4. The lowest BCUT2D eigenvalue weighted by molar-refractivity contribution is -0.143. The van der Waals surface area contributed by atoms with Gasteiger partial charge in [-0.05, 0) is 24.3 Å². The fourth-order valence-electron chi connectivity index (χ4n) is 2.98. The van der Waals surface area contributed by atoms with Crippen LogP contribution in [0.2, 0.25) is 0 Å². The molecule has 2 aromatic carbocycles. The number of halogens is 6. The molecule has 0 aliphatic carbocycles. The van der Waals surface area contributed by atoms with Gasteiger partial charge in [-0.1, -0.05) is 24.1 Å². The van der Waals surface area contributed by atoms with E-state index in [0.29, 0.717) is 17.5 Å². The molecule has 0 unspecified atom stereocenters. The van der Waals surface area contributed by atoms with E-state index in [1.165, 1.54) is 12.1 Å². The molecule has 0 aliphatic heterocycles. The molecular weight excluding hydrogens is 440 g/mol. The van der Waals surface area contributed by atoms with Crippen LogP contribution in [0.3, 0.4) is 0 Å². The lowest BCUT2D eigenvalue weighted by atomic mass is 10.0. The van der Waals surface area contributed by atoms with Crippen molar-refractivity contribution in [2.45, 2.75) is 25.4 Å². The third kappa shape index (κ3) is 4.74. The van der Waals surface area contributed by atoms with Crippen molar-refractivity contribution in [2.24, 2.45) is 0 Å². The second-order valence-corrected chi connectivity index (χ2v) is 6.64. The van der Waals surface area contributed by atoms with Crippen LogP contribution < -0.4 is 10.9 Å². The summed E-state index contributed by atoms with van der Waals surface area (Å²) in [6, 6.07) is 6.82. The smallest absolute Gasteiger partial charge is 0.346 e. The minimum Gasteiger partial charge on any atom is -0.346 e. The number of amides is 1. The average molecular weight is 453 g/mol. The lowest BCUT2D eigenvalue weighted by Crippen LogP contribution is -2.29. The van der Waals surface area contributed by atoms with E-state index in [4.69, 9.17) is 6.42 Å². The van der Waals surface area contributed by atoms with Crippen LogP contribution in [-0.4, -0.2) is 15.7 Å². The number of hydrogen-bond donors (Lipinski definition) is 1. The summed E-state index contributed by atoms with van der Waals surface area (Å²) in [5.74, 6) is 1.07. The van der Waals surface area contributed by atoms with Gasteiger partial charge in [0.05, 0.1) is 28.8 Å². The van der Waals surface area contributed by atoms with E-state index in [-0.39, 0.29) is 30.2 Å². The highest BCUT2D eigenvalue weighted by Crippen LogP contribution is 2.36. The molecular formula is C21H13F6N3O2. The van der Waals surface area contributed by atoms with Crippen molar-refractivity contribution in [1.29, 1.82) is 0 Å². The molecule has 11 heteroatoms. The Morgan fingerprint density at radius 3 is 2.09 bits per heavy atom. The van der Waals surface area contributed by atoms with E-state index in [2.05, 4.69) is 16.3 Å². The number of nitrogens with zero attached hydrogens (tertiary/aromatic N) is 2. The van der Waals surface area contributed by atoms with Crippen molar-refractivity contribution >= 4 is 16.7 Å². The van der Waals surface area contributed by atoms with Gasteiger partial charge in [0.15, 0.2) is 0 Å². The molecule has 1 amide bonds. The number of hydrogen-bond acceptors (Lipinski definition) is 3. The second-order valence-electron chi connectivity index (χ2n) is 6.64. The Bertz CT molecular complexity index is 1250. The molecule has 166 valence electrons. The molecule has 0 fully saturated rings. The Morgan fingerprint density at radius 1 is 1.00 bits per heavy atom. The number of aromatic nitrogens is 2. The Kier molecular flexibility index (Phi) is 5.98. The van der Waals surface area contributed by atoms with E-state index in [0.717, 1.165) is 4.68 Å². The summed E-state index contributed by atoms with van der Waals surface area (Å²) in [4.78, 5) is 24.8. The molecule has 0 saturated carbocycles. The normalized spacial score (nSPS) is 11.9. The molecule has 0 bridgehead atoms. The predicted molar refractivity (Wildman–Crippen MR) is 102 cm³/mol. The zero-order valence-electron chi connectivity index (χ0n) is 16.0. The van der Waals surface area contributed by atoms with Crippen LogP contribution in [0.15, 0.2) is 47.3 Å². The lowest BCUT2D eigenvalue weighted by Gasteiger charge is -2.14. The van der Waals surface area contributed by atoms with Gasteiger partial charge >= 0.3 is 12.4 Å². The molecule has 0 radical (unpaired) electrons. The summed E-state index contributed by atoms with van der Waals surface area (Å²) >= 11 is 0. The summed E-state index contributed by atoms with van der Waals surface area (Å²) in [5, 5.41) is 6.90. The fraction of sp³-hybridized carbons (Fsp3) is 0.190. The van der Waals surface area contributed by atoms with E-state index in [9.17, 15) is 35.9 Å². The van der Waals surface area contributed by atoms with Gasteiger partial charge in [-0.15, -0.1) is 6.42 Å². The van der Waals surface area contributed by atoms with Gasteiger partial charge < -0.3 is 5.32 Å². The molecule has 3 aromatic rings. The standard InChI is InChI=1S/C21H13F6N3O2/c1-2-7-30-19(32)16-6-4-3-5-15(16)17(29-30)11-28-18(31)12-8-13(20(22,23)24)10-14(9-12)21(25,26)27/h1,3-6,8-10H,7,11H2,(H,28,31). The first-order chi connectivity index (χ1) is 14.9. The van der Waals surface area contributed by atoms with Crippen LogP contribution in [0.25, 0.3) is 10.8 Å². The highest BCUT2D eigenvalue weighted by atomic mass is 19.4. The zero-order valence-corrected chi connectivity index (χ0v) is 16.0. The highest BCUT2D eigenvalue weighted by Gasteiger charge is 2.37. The van der Waals surface area contributed by atoms with Crippen LogP contribution in [0.1, 0.15) is 27.2 Å². The van der Waals surface area contributed by atoms with E-state index in [1.54, 1.807) is 12.1 Å². The van der Waals surface area contributed by atoms with E-state index in [1.807, 2.05) is 0 Å². The van der Waals surface area contributed by atoms with Crippen molar-refractivity contribution < 1.29 is 31.1 Å². The monoisotopic (exact) mass is 453 g/mol. The number of alkyl halides is 6. The maximum absolute atomic E-state index is 13.0. The van der Waals surface area contributed by atoms with Crippen LogP contribution in [0.5, 0.6) is 0 Å². The quantitative estimate of drug-likeness (QED) is 0.480. The Balaban J connectivity index is 1.97. The van der Waals surface area contributed by atoms with Crippen molar-refractivity contribution in [3.63, 3.8) is 0 Å². The Morgan fingerprint density at radius 2 is 1.56 bits per heavy atom. The third-order valence-corrected chi connectivity index (χ3v) is 4.45. The first-order valence-corrected chi connectivity index (χ1v) is 8.91. The van der Waals surface area contributed by atoms with Gasteiger partial charge in [-0.25, -0.2) is 4.68 Å². The van der Waals surface area contributed by atoms with E-state index >= 15 is 0 Å². The molecule has 1 heterocycles. The van der Waals surface area contributed by atoms with Gasteiger partial charge in [-0.3, -0.25) is 9.59 Å². The van der Waals surface area contributed by atoms with E-state index < -0.39 is 40.5 Å². The molecule has 5 nitrogen and oxygen atoms in total. The number of benzene rings is 2. The SMILES string of the molecule is C#CCn1nc(CNC(=O)c2cc(C(F)(F)F)cc(C(F)(F)F)c2)c2ccccc2c1=O. The first kappa shape index (κ1) is 22.9. The summed E-state index contributed by atoms with van der Waals surface area (Å²) in [7, 11) is 0. The maximum Gasteiger partial charge on any atom is 0.416 e. The van der Waals surface area contributed by atoms with Crippen molar-refractivity contribution in [3.05, 3.63) is 75.2 Å². The first-order valence-electron chi connectivity index (χ1n) is 8.91. The van der Waals surface area contributed by atoms with Crippen LogP contribution in [-0.2, 0) is 25.4 Å². The Hall–Kier alpha value is -3.81.